The van der Waals surface area contributed by atoms with Crippen LogP contribution in [0, 0.1) is 47.3 Å². The molecule has 10 nitrogen and oxygen atoms in total. The number of ether oxygens (including phenoxy) is 6. The highest BCUT2D eigenvalue weighted by atomic mass is 16.8. The Balaban J connectivity index is 0.953. The quantitative estimate of drug-likeness (QED) is 0.0668. The lowest BCUT2D eigenvalue weighted by atomic mass is 9.68. The summed E-state index contributed by atoms with van der Waals surface area (Å²) in [6.45, 7) is 8.39. The van der Waals surface area contributed by atoms with Gasteiger partial charge in [-0.15, -0.1) is 0 Å². The molecule has 0 aromatic heterocycles. The first-order valence-corrected chi connectivity index (χ1v) is 20.6. The Morgan fingerprint density at radius 1 is 0.500 bits per heavy atom. The van der Waals surface area contributed by atoms with E-state index in [0.717, 1.165) is 77.0 Å². The Labute approximate surface area is 311 Å². The van der Waals surface area contributed by atoms with Crippen LogP contribution in [0.15, 0.2) is 25.3 Å². The fourth-order valence-corrected chi connectivity index (χ4v) is 9.84. The highest BCUT2D eigenvalue weighted by molar-refractivity contribution is 5.81. The molecule has 4 aliphatic carbocycles. The Morgan fingerprint density at radius 3 is 1.15 bits per heavy atom. The number of carbonyl (C=O) groups excluding carboxylic acids is 4. The van der Waals surface area contributed by atoms with E-state index in [-0.39, 0.29) is 48.9 Å². The largest absolute Gasteiger partial charge is 0.463 e. The molecule has 10 heteroatoms. The number of esters is 4. The number of hydrogen-bond acceptors (Lipinski definition) is 10. The zero-order chi connectivity index (χ0) is 36.7. The SMILES string of the molecule is C=CC(=O)OCCCC1CCC(C2CCC(C(=O)O[C@@H]3OCCO[C@H]3OC(=O)C3CCC(C4CCC(CCCOC(=O)C=C)CC4)CC3)CC2)CC1. The van der Waals surface area contributed by atoms with Crippen LogP contribution in [-0.2, 0) is 47.6 Å². The molecule has 0 aromatic rings. The van der Waals surface area contributed by atoms with E-state index < -0.39 is 12.6 Å². The van der Waals surface area contributed by atoms with Crippen LogP contribution in [0.1, 0.15) is 128 Å². The molecule has 0 unspecified atom stereocenters. The molecule has 0 bridgehead atoms. The lowest BCUT2D eigenvalue weighted by Crippen LogP contribution is -2.46. The first-order valence-electron chi connectivity index (χ1n) is 20.6. The molecule has 2 atom stereocenters. The first-order chi connectivity index (χ1) is 25.3. The Bertz CT molecular complexity index is 1060. The minimum Gasteiger partial charge on any atom is -0.463 e. The van der Waals surface area contributed by atoms with Gasteiger partial charge in [-0.3, -0.25) is 9.59 Å². The molecule has 0 amide bonds. The summed E-state index contributed by atoms with van der Waals surface area (Å²) >= 11 is 0. The third kappa shape index (κ3) is 12.4. The van der Waals surface area contributed by atoms with E-state index in [0.29, 0.717) is 48.7 Å². The number of carbonyl (C=O) groups is 4. The summed E-state index contributed by atoms with van der Waals surface area (Å²) < 4.78 is 33.4. The van der Waals surface area contributed by atoms with Gasteiger partial charge in [0.1, 0.15) is 0 Å². The van der Waals surface area contributed by atoms with Crippen LogP contribution in [0.2, 0.25) is 0 Å². The highest BCUT2D eigenvalue weighted by Gasteiger charge is 2.40. The van der Waals surface area contributed by atoms with Crippen molar-refractivity contribution in [2.45, 2.75) is 141 Å². The topological polar surface area (TPSA) is 124 Å². The zero-order valence-electron chi connectivity index (χ0n) is 31.4. The predicted octanol–water partition coefficient (Wildman–Crippen LogP) is 8.02. The van der Waals surface area contributed by atoms with E-state index in [4.69, 9.17) is 28.4 Å². The van der Waals surface area contributed by atoms with Crippen LogP contribution >= 0.6 is 0 Å². The second-order valence-electron chi connectivity index (χ2n) is 16.2. The first kappa shape index (κ1) is 40.5. The van der Waals surface area contributed by atoms with Crippen molar-refractivity contribution >= 4 is 23.9 Å². The van der Waals surface area contributed by atoms with Crippen molar-refractivity contribution in [1.82, 2.24) is 0 Å². The molecular weight excluding hydrogens is 664 g/mol. The Kier molecular flexibility index (Phi) is 16.5. The molecule has 4 saturated carbocycles. The smallest absolute Gasteiger partial charge is 0.330 e. The number of rotatable bonds is 16. The normalized spacial score (nSPS) is 33.9. The maximum atomic E-state index is 13.3. The maximum Gasteiger partial charge on any atom is 0.330 e. The van der Waals surface area contributed by atoms with Crippen molar-refractivity contribution in [2.75, 3.05) is 26.4 Å². The summed E-state index contributed by atoms with van der Waals surface area (Å²) in [6, 6.07) is 0. The van der Waals surface area contributed by atoms with Crippen LogP contribution in [-0.4, -0.2) is 62.9 Å². The van der Waals surface area contributed by atoms with Gasteiger partial charge in [-0.25, -0.2) is 9.59 Å². The van der Waals surface area contributed by atoms with E-state index in [1.807, 2.05) is 0 Å². The van der Waals surface area contributed by atoms with Crippen LogP contribution in [0.3, 0.4) is 0 Å². The van der Waals surface area contributed by atoms with Crippen molar-refractivity contribution in [3.63, 3.8) is 0 Å². The molecule has 1 heterocycles. The summed E-state index contributed by atoms with van der Waals surface area (Å²) in [6.07, 6.45) is 21.6. The average Bonchev–Trinajstić information content (AvgIpc) is 3.19. The van der Waals surface area contributed by atoms with Gasteiger partial charge < -0.3 is 28.4 Å². The lowest BCUT2D eigenvalue weighted by Gasteiger charge is -2.38. The van der Waals surface area contributed by atoms with Crippen molar-refractivity contribution in [2.24, 2.45) is 47.3 Å². The summed E-state index contributed by atoms with van der Waals surface area (Å²) in [7, 11) is 0. The van der Waals surface area contributed by atoms with Crippen molar-refractivity contribution in [1.29, 1.82) is 0 Å². The maximum absolute atomic E-state index is 13.3. The molecule has 0 radical (unpaired) electrons. The summed E-state index contributed by atoms with van der Waals surface area (Å²) in [5.41, 5.74) is 0. The van der Waals surface area contributed by atoms with Gasteiger partial charge in [0.05, 0.1) is 38.3 Å². The molecule has 0 N–H and O–H groups in total. The van der Waals surface area contributed by atoms with Gasteiger partial charge >= 0.3 is 23.9 Å². The fourth-order valence-electron chi connectivity index (χ4n) is 9.84. The minimum atomic E-state index is -1.03. The summed E-state index contributed by atoms with van der Waals surface area (Å²) in [4.78, 5) is 49.0. The van der Waals surface area contributed by atoms with E-state index in [9.17, 15) is 19.2 Å². The molecule has 0 aromatic carbocycles. The Morgan fingerprint density at radius 2 is 0.827 bits per heavy atom. The van der Waals surface area contributed by atoms with Crippen LogP contribution in [0.4, 0.5) is 0 Å². The van der Waals surface area contributed by atoms with Gasteiger partial charge in [0.15, 0.2) is 0 Å². The molecule has 5 fully saturated rings. The van der Waals surface area contributed by atoms with Gasteiger partial charge in [-0.1, -0.05) is 38.8 Å². The van der Waals surface area contributed by atoms with E-state index in [1.54, 1.807) is 0 Å². The average molecular weight is 729 g/mol. The molecule has 1 saturated heterocycles. The van der Waals surface area contributed by atoms with Crippen molar-refractivity contribution < 1.29 is 47.6 Å². The van der Waals surface area contributed by atoms with Gasteiger partial charge in [0, 0.05) is 12.2 Å². The molecule has 292 valence electrons. The minimum absolute atomic E-state index is 0.167. The monoisotopic (exact) mass is 728 g/mol. The third-order valence-electron chi connectivity index (χ3n) is 13.0. The van der Waals surface area contributed by atoms with Crippen LogP contribution < -0.4 is 0 Å². The fraction of sp³-hybridized carbons (Fsp3) is 0.810. The molecule has 0 spiro atoms. The predicted molar refractivity (Wildman–Crippen MR) is 194 cm³/mol. The van der Waals surface area contributed by atoms with Crippen LogP contribution in [0.5, 0.6) is 0 Å². The molecule has 52 heavy (non-hydrogen) atoms. The summed E-state index contributed by atoms with van der Waals surface area (Å²) in [5, 5.41) is 0. The van der Waals surface area contributed by atoms with Gasteiger partial charge in [0.25, 0.3) is 12.6 Å². The van der Waals surface area contributed by atoms with Crippen molar-refractivity contribution in [3.8, 4) is 0 Å². The molecule has 1 aliphatic heterocycles. The highest BCUT2D eigenvalue weighted by Crippen LogP contribution is 2.44. The second-order valence-corrected chi connectivity index (χ2v) is 16.2. The molecular formula is C42H64O10. The van der Waals surface area contributed by atoms with Gasteiger partial charge in [-0.2, -0.15) is 0 Å². The van der Waals surface area contributed by atoms with Gasteiger partial charge in [0.2, 0.25) is 0 Å². The van der Waals surface area contributed by atoms with E-state index in [1.165, 1.54) is 63.5 Å². The van der Waals surface area contributed by atoms with E-state index >= 15 is 0 Å². The van der Waals surface area contributed by atoms with Crippen LogP contribution in [0.25, 0.3) is 0 Å². The standard InChI is InChI=1S/C42H64O10/c1-3-37(43)47-25-5-7-29-9-13-31(14-10-29)33-17-21-35(22-18-33)39(45)51-41-42(50-28-27-49-41)52-40(46)36-23-19-34(20-24-36)32-15-11-30(12-16-32)8-6-26-48-38(44)4-2/h3-4,29-36,41-42H,1-2,5-28H2/t29?,30?,31?,32?,33?,34?,35?,36?,41-,42-/m0/s1. The Hall–Kier alpha value is -2.72. The zero-order valence-corrected chi connectivity index (χ0v) is 31.4. The summed E-state index contributed by atoms with van der Waals surface area (Å²) in [5.74, 6) is 2.57. The lowest BCUT2D eigenvalue weighted by molar-refractivity contribution is -0.305. The number of hydrogen-bond donors (Lipinski definition) is 0. The molecule has 5 rings (SSSR count). The molecule has 5 aliphatic rings. The van der Waals surface area contributed by atoms with E-state index in [2.05, 4.69) is 13.2 Å². The van der Waals surface area contributed by atoms with Gasteiger partial charge in [-0.05, 0) is 138 Å². The third-order valence-corrected chi connectivity index (χ3v) is 13.0. The van der Waals surface area contributed by atoms with Crippen molar-refractivity contribution in [3.05, 3.63) is 25.3 Å². The second kappa shape index (κ2) is 21.2.